The van der Waals surface area contributed by atoms with Gasteiger partial charge in [-0.25, -0.2) is 27.2 Å². The molecule has 4 heterocycles. The van der Waals surface area contributed by atoms with Gasteiger partial charge < -0.3 is 4.90 Å². The molecular formula is C26H22F4N6O. The van der Waals surface area contributed by atoms with E-state index in [-0.39, 0.29) is 35.2 Å². The molecule has 2 aromatic heterocycles. The average Bonchev–Trinajstić information content (AvgIpc) is 3.41. The van der Waals surface area contributed by atoms with E-state index in [0.29, 0.717) is 35.7 Å². The summed E-state index contributed by atoms with van der Waals surface area (Å²) in [7, 11) is 1.66. The molecule has 1 saturated heterocycles. The number of nitrogens with zero attached hydrogens (tertiary/aromatic N) is 6. The molecule has 7 nitrogen and oxygen atoms in total. The van der Waals surface area contributed by atoms with Crippen LogP contribution >= 0.6 is 0 Å². The topological polar surface area (TPSA) is 68.8 Å². The Labute approximate surface area is 209 Å². The van der Waals surface area contributed by atoms with E-state index in [1.807, 2.05) is 0 Å². The van der Waals surface area contributed by atoms with Crippen LogP contribution in [0.1, 0.15) is 53.0 Å². The van der Waals surface area contributed by atoms with Crippen LogP contribution in [0, 0.1) is 30.2 Å². The van der Waals surface area contributed by atoms with Crippen molar-refractivity contribution in [2.45, 2.75) is 44.7 Å². The second-order valence-electron chi connectivity index (χ2n) is 9.48. The SMILES string of the molecule is Cc1nc(C(=O)N2[C@H]3CCC[C@@H]2c2nn(C)c(-c4cc(F)c(F)c(F)c4)c2C3)nn1-c1ccc(F)cc1. The zero-order chi connectivity index (χ0) is 26.0. The fraction of sp³-hybridized carbons (Fsp3) is 0.308. The summed E-state index contributed by atoms with van der Waals surface area (Å²) in [5.41, 5.74) is 2.74. The van der Waals surface area contributed by atoms with Crippen molar-refractivity contribution in [1.82, 2.24) is 29.4 Å². The highest BCUT2D eigenvalue weighted by molar-refractivity contribution is 5.91. The molecule has 2 aliphatic heterocycles. The highest BCUT2D eigenvalue weighted by Gasteiger charge is 2.44. The lowest BCUT2D eigenvalue weighted by molar-refractivity contribution is 0.0379. The van der Waals surface area contributed by atoms with E-state index in [9.17, 15) is 22.4 Å². The number of rotatable bonds is 3. The monoisotopic (exact) mass is 510 g/mol. The summed E-state index contributed by atoms with van der Waals surface area (Å²) in [5, 5.41) is 9.05. The lowest BCUT2D eigenvalue weighted by Gasteiger charge is -2.44. The Hall–Kier alpha value is -4.02. The first-order valence-electron chi connectivity index (χ1n) is 12.0. The van der Waals surface area contributed by atoms with Crippen LogP contribution in [0.5, 0.6) is 0 Å². The second kappa shape index (κ2) is 8.53. The normalized spacial score (nSPS) is 18.7. The number of aromatic nitrogens is 5. The molecule has 0 N–H and O–H groups in total. The molecule has 1 amide bonds. The van der Waals surface area contributed by atoms with Gasteiger partial charge in [-0.1, -0.05) is 0 Å². The van der Waals surface area contributed by atoms with Gasteiger partial charge in [-0.15, -0.1) is 5.10 Å². The summed E-state index contributed by atoms with van der Waals surface area (Å²) < 4.78 is 58.0. The molecule has 2 bridgehead atoms. The number of halogens is 4. The highest BCUT2D eigenvalue weighted by Crippen LogP contribution is 2.45. The van der Waals surface area contributed by atoms with Gasteiger partial charge in [0.1, 0.15) is 11.6 Å². The molecule has 4 aromatic rings. The van der Waals surface area contributed by atoms with E-state index in [0.717, 1.165) is 30.5 Å². The summed E-state index contributed by atoms with van der Waals surface area (Å²) in [6.45, 7) is 1.72. The minimum Gasteiger partial charge on any atom is -0.324 e. The van der Waals surface area contributed by atoms with Crippen molar-refractivity contribution in [1.29, 1.82) is 0 Å². The zero-order valence-electron chi connectivity index (χ0n) is 20.1. The van der Waals surface area contributed by atoms with Crippen LogP contribution in [-0.4, -0.2) is 41.4 Å². The standard InChI is InChI=1S/C26H22F4N6O/c1-13-31-25(33-36(13)16-8-6-15(27)7-9-16)26(37)35-17-4-3-5-21(35)23-18(12-17)24(34(2)32-23)14-10-19(28)22(30)20(29)11-14/h6-11,17,21H,3-5,12H2,1-2H3/t17-,21+/m0/s1. The van der Waals surface area contributed by atoms with Crippen LogP contribution in [0.2, 0.25) is 0 Å². The molecule has 190 valence electrons. The van der Waals surface area contributed by atoms with Crippen LogP contribution in [0.15, 0.2) is 36.4 Å². The first kappa shape index (κ1) is 23.4. The van der Waals surface area contributed by atoms with Crippen LogP contribution in [-0.2, 0) is 13.5 Å². The van der Waals surface area contributed by atoms with Crippen molar-refractivity contribution in [3.05, 3.63) is 82.6 Å². The van der Waals surface area contributed by atoms with E-state index in [1.165, 1.54) is 21.5 Å². The average molecular weight is 510 g/mol. The van der Waals surface area contributed by atoms with Gasteiger partial charge in [0, 0.05) is 24.2 Å². The molecule has 1 fully saturated rings. The third kappa shape index (κ3) is 3.71. The van der Waals surface area contributed by atoms with E-state index in [4.69, 9.17) is 0 Å². The van der Waals surface area contributed by atoms with Gasteiger partial charge in [-0.2, -0.15) is 5.10 Å². The van der Waals surface area contributed by atoms with Crippen molar-refractivity contribution in [3.8, 4) is 16.9 Å². The Balaban J connectivity index is 1.38. The van der Waals surface area contributed by atoms with Crippen molar-refractivity contribution in [3.63, 3.8) is 0 Å². The molecule has 0 unspecified atom stereocenters. The highest BCUT2D eigenvalue weighted by atomic mass is 19.2. The van der Waals surface area contributed by atoms with Gasteiger partial charge in [-0.3, -0.25) is 9.48 Å². The number of hydrogen-bond donors (Lipinski definition) is 0. The van der Waals surface area contributed by atoms with Gasteiger partial charge in [0.25, 0.3) is 5.91 Å². The third-order valence-corrected chi connectivity index (χ3v) is 7.20. The lowest BCUT2D eigenvalue weighted by Crippen LogP contribution is -2.50. The molecule has 6 rings (SSSR count). The molecular weight excluding hydrogens is 488 g/mol. The second-order valence-corrected chi connectivity index (χ2v) is 9.48. The summed E-state index contributed by atoms with van der Waals surface area (Å²) in [5.74, 6) is -4.26. The summed E-state index contributed by atoms with van der Waals surface area (Å²) in [4.78, 5) is 19.9. The number of hydrogen-bond acceptors (Lipinski definition) is 4. The fourth-order valence-corrected chi connectivity index (χ4v) is 5.63. The largest absolute Gasteiger partial charge is 0.324 e. The zero-order valence-corrected chi connectivity index (χ0v) is 20.1. The van der Waals surface area contributed by atoms with Crippen LogP contribution < -0.4 is 0 Å². The first-order chi connectivity index (χ1) is 17.7. The van der Waals surface area contributed by atoms with Crippen molar-refractivity contribution in [2.75, 3.05) is 0 Å². The van der Waals surface area contributed by atoms with Gasteiger partial charge in [0.15, 0.2) is 17.5 Å². The Morgan fingerprint density at radius 3 is 2.41 bits per heavy atom. The maximum atomic E-state index is 14.0. The number of benzene rings is 2. The van der Waals surface area contributed by atoms with Gasteiger partial charge in [0.2, 0.25) is 5.82 Å². The summed E-state index contributed by atoms with van der Waals surface area (Å²) >= 11 is 0. The molecule has 0 saturated carbocycles. The third-order valence-electron chi connectivity index (χ3n) is 7.20. The van der Waals surface area contributed by atoms with Crippen molar-refractivity contribution < 1.29 is 22.4 Å². The minimum absolute atomic E-state index is 0.0287. The smallest absolute Gasteiger partial charge is 0.294 e. The maximum Gasteiger partial charge on any atom is 0.294 e. The van der Waals surface area contributed by atoms with Crippen LogP contribution in [0.4, 0.5) is 17.6 Å². The summed E-state index contributed by atoms with van der Waals surface area (Å²) in [6, 6.07) is 7.14. The van der Waals surface area contributed by atoms with Crippen molar-refractivity contribution in [2.24, 2.45) is 7.05 Å². The quantitative estimate of drug-likeness (QED) is 0.293. The number of piperidine rings is 1. The number of amides is 1. The molecule has 11 heteroatoms. The van der Waals surface area contributed by atoms with E-state index >= 15 is 0 Å². The molecule has 2 atom stereocenters. The van der Waals surface area contributed by atoms with E-state index in [1.54, 1.807) is 31.0 Å². The fourth-order valence-electron chi connectivity index (χ4n) is 5.63. The predicted octanol–water partition coefficient (Wildman–Crippen LogP) is 4.82. The Morgan fingerprint density at radius 1 is 1.00 bits per heavy atom. The molecule has 0 aliphatic carbocycles. The molecule has 37 heavy (non-hydrogen) atoms. The number of fused-ring (bicyclic) bond motifs is 4. The maximum absolute atomic E-state index is 14.0. The predicted molar refractivity (Wildman–Crippen MR) is 125 cm³/mol. The van der Waals surface area contributed by atoms with Crippen LogP contribution in [0.3, 0.4) is 0 Å². The first-order valence-corrected chi connectivity index (χ1v) is 12.0. The molecule has 2 aliphatic rings. The molecule has 2 aromatic carbocycles. The Morgan fingerprint density at radius 2 is 1.70 bits per heavy atom. The van der Waals surface area contributed by atoms with Gasteiger partial charge >= 0.3 is 0 Å². The van der Waals surface area contributed by atoms with Crippen LogP contribution in [0.25, 0.3) is 16.9 Å². The van der Waals surface area contributed by atoms with Gasteiger partial charge in [-0.05, 0) is 69.0 Å². The Kier molecular flexibility index (Phi) is 5.39. The van der Waals surface area contributed by atoms with E-state index in [2.05, 4.69) is 15.2 Å². The van der Waals surface area contributed by atoms with E-state index < -0.39 is 17.5 Å². The lowest BCUT2D eigenvalue weighted by atomic mass is 9.81. The number of carbonyl (C=O) groups excluding carboxylic acids is 1. The summed E-state index contributed by atoms with van der Waals surface area (Å²) in [6.07, 6.45) is 2.72. The Bertz CT molecular complexity index is 1520. The van der Waals surface area contributed by atoms with Crippen molar-refractivity contribution >= 4 is 5.91 Å². The molecule has 0 radical (unpaired) electrons. The molecule has 0 spiro atoms. The number of aryl methyl sites for hydroxylation is 2. The number of carbonyl (C=O) groups is 1. The minimum atomic E-state index is -1.52. The van der Waals surface area contributed by atoms with Gasteiger partial charge in [0.05, 0.1) is 23.1 Å².